The molecule has 138 valence electrons. The number of nitrogens with zero attached hydrogens (tertiary/aromatic N) is 1. The third-order valence-corrected chi connectivity index (χ3v) is 3.56. The van der Waals surface area contributed by atoms with Crippen LogP contribution in [0.15, 0.2) is 36.5 Å². The van der Waals surface area contributed by atoms with Gasteiger partial charge in [-0.1, -0.05) is 6.07 Å². The van der Waals surface area contributed by atoms with E-state index in [2.05, 4.69) is 10.6 Å². The van der Waals surface area contributed by atoms with Crippen molar-refractivity contribution in [3.05, 3.63) is 47.8 Å². The summed E-state index contributed by atoms with van der Waals surface area (Å²) in [7, 11) is 3.20. The molecule has 1 aromatic heterocycles. The van der Waals surface area contributed by atoms with Crippen molar-refractivity contribution in [1.29, 1.82) is 0 Å². The minimum Gasteiger partial charge on any atom is -0.495 e. The van der Waals surface area contributed by atoms with Gasteiger partial charge in [-0.05, 0) is 36.8 Å². The summed E-state index contributed by atoms with van der Waals surface area (Å²) in [6.07, 6.45) is 1.70. The Morgan fingerprint density at radius 1 is 1.15 bits per heavy atom. The van der Waals surface area contributed by atoms with Gasteiger partial charge in [-0.3, -0.25) is 9.59 Å². The van der Waals surface area contributed by atoms with Gasteiger partial charge in [-0.15, -0.1) is 0 Å². The molecule has 2 aromatic rings. The molecule has 0 saturated carbocycles. The van der Waals surface area contributed by atoms with E-state index < -0.39 is 24.4 Å². The molecule has 2 rings (SSSR count). The van der Waals surface area contributed by atoms with E-state index in [1.54, 1.807) is 42.1 Å². The van der Waals surface area contributed by atoms with E-state index >= 15 is 0 Å². The highest BCUT2D eigenvalue weighted by Gasteiger charge is 2.14. The minimum atomic E-state index is -0.610. The van der Waals surface area contributed by atoms with Gasteiger partial charge in [0.05, 0.1) is 19.3 Å². The van der Waals surface area contributed by atoms with E-state index in [9.17, 15) is 14.4 Å². The molecule has 0 fully saturated rings. The van der Waals surface area contributed by atoms with Crippen LogP contribution in [0.2, 0.25) is 0 Å². The number of hydrogen-bond acceptors (Lipinski definition) is 5. The lowest BCUT2D eigenvalue weighted by molar-refractivity contribution is -0.126. The molecule has 0 spiro atoms. The summed E-state index contributed by atoms with van der Waals surface area (Å²) in [6, 6.07) is 8.65. The van der Waals surface area contributed by atoms with Crippen LogP contribution in [0.1, 0.15) is 16.1 Å². The van der Waals surface area contributed by atoms with E-state index in [-0.39, 0.29) is 6.54 Å². The number of amides is 2. The van der Waals surface area contributed by atoms with Crippen molar-refractivity contribution in [1.82, 2.24) is 9.88 Å². The maximum atomic E-state index is 12.0. The molecule has 0 atom stereocenters. The normalized spacial score (nSPS) is 10.1. The van der Waals surface area contributed by atoms with Gasteiger partial charge < -0.3 is 24.7 Å². The van der Waals surface area contributed by atoms with E-state index in [4.69, 9.17) is 9.47 Å². The number of ether oxygens (including phenoxy) is 2. The zero-order valence-electron chi connectivity index (χ0n) is 14.9. The summed E-state index contributed by atoms with van der Waals surface area (Å²) < 4.78 is 11.7. The van der Waals surface area contributed by atoms with Crippen molar-refractivity contribution in [2.45, 2.75) is 6.92 Å². The first-order chi connectivity index (χ1) is 12.4. The molecular weight excluding hydrogens is 338 g/mol. The van der Waals surface area contributed by atoms with Crippen molar-refractivity contribution in [2.75, 3.05) is 25.6 Å². The fraction of sp³-hybridized carbons (Fsp3) is 0.278. The highest BCUT2D eigenvalue weighted by atomic mass is 16.5. The number of benzene rings is 1. The number of anilines is 1. The first-order valence-corrected chi connectivity index (χ1v) is 7.90. The van der Waals surface area contributed by atoms with Gasteiger partial charge in [-0.2, -0.15) is 0 Å². The van der Waals surface area contributed by atoms with Crippen LogP contribution >= 0.6 is 0 Å². The van der Waals surface area contributed by atoms with Crippen molar-refractivity contribution in [3.8, 4) is 5.75 Å². The topological polar surface area (TPSA) is 98.7 Å². The third-order valence-electron chi connectivity index (χ3n) is 3.56. The van der Waals surface area contributed by atoms with Crippen LogP contribution in [0.3, 0.4) is 0 Å². The second-order valence-electron chi connectivity index (χ2n) is 5.61. The number of hydrogen-bond donors (Lipinski definition) is 2. The molecule has 2 amide bonds. The van der Waals surface area contributed by atoms with E-state index in [1.807, 2.05) is 13.0 Å². The number of nitrogens with one attached hydrogen (secondary N) is 2. The number of carbonyl (C=O) groups excluding carboxylic acids is 3. The van der Waals surface area contributed by atoms with Crippen LogP contribution in [0.25, 0.3) is 0 Å². The molecule has 0 aliphatic rings. The predicted molar refractivity (Wildman–Crippen MR) is 95.1 cm³/mol. The molecule has 26 heavy (non-hydrogen) atoms. The monoisotopic (exact) mass is 359 g/mol. The SMILES string of the molecule is COc1ccc(C)cc1NC(=O)CNC(=O)COC(=O)c1cccn1C. The maximum absolute atomic E-state index is 12.0. The Kier molecular flexibility index (Phi) is 6.37. The number of carbonyl (C=O) groups is 3. The van der Waals surface area contributed by atoms with Gasteiger partial charge >= 0.3 is 5.97 Å². The van der Waals surface area contributed by atoms with Crippen LogP contribution in [0.5, 0.6) is 5.75 Å². The van der Waals surface area contributed by atoms with E-state index in [0.29, 0.717) is 17.1 Å². The Morgan fingerprint density at radius 3 is 2.58 bits per heavy atom. The quantitative estimate of drug-likeness (QED) is 0.725. The van der Waals surface area contributed by atoms with Gasteiger partial charge in [0.15, 0.2) is 6.61 Å². The standard InChI is InChI=1S/C18H21N3O5/c1-12-6-7-15(25-3)13(9-12)20-16(22)10-19-17(23)11-26-18(24)14-5-4-8-21(14)2/h4-9H,10-11H2,1-3H3,(H,19,23)(H,20,22). The summed E-state index contributed by atoms with van der Waals surface area (Å²) in [6.45, 7) is 1.17. The fourth-order valence-electron chi connectivity index (χ4n) is 2.22. The van der Waals surface area contributed by atoms with Crippen LogP contribution < -0.4 is 15.4 Å². The molecule has 0 unspecified atom stereocenters. The molecule has 1 heterocycles. The molecular formula is C18H21N3O5. The van der Waals surface area contributed by atoms with Crippen molar-refractivity contribution < 1.29 is 23.9 Å². The molecule has 2 N–H and O–H groups in total. The molecule has 0 radical (unpaired) electrons. The summed E-state index contributed by atoms with van der Waals surface area (Å²) in [4.78, 5) is 35.5. The lowest BCUT2D eigenvalue weighted by atomic mass is 10.2. The Balaban J connectivity index is 1.78. The van der Waals surface area contributed by atoms with E-state index in [1.165, 1.54) is 7.11 Å². The first kappa shape index (κ1) is 19.0. The highest BCUT2D eigenvalue weighted by Crippen LogP contribution is 2.24. The Hall–Kier alpha value is -3.29. The van der Waals surface area contributed by atoms with E-state index in [0.717, 1.165) is 5.56 Å². The summed E-state index contributed by atoms with van der Waals surface area (Å²) >= 11 is 0. The van der Waals surface area contributed by atoms with Gasteiger partial charge in [0.1, 0.15) is 11.4 Å². The molecule has 0 bridgehead atoms. The summed E-state index contributed by atoms with van der Waals surface area (Å²) in [5.41, 5.74) is 1.81. The fourth-order valence-corrected chi connectivity index (χ4v) is 2.22. The molecule has 8 heteroatoms. The number of esters is 1. The smallest absolute Gasteiger partial charge is 0.355 e. The van der Waals surface area contributed by atoms with Crippen molar-refractivity contribution in [2.24, 2.45) is 7.05 Å². The molecule has 8 nitrogen and oxygen atoms in total. The second kappa shape index (κ2) is 8.70. The number of rotatable bonds is 7. The van der Waals surface area contributed by atoms with Gasteiger partial charge in [0, 0.05) is 13.2 Å². The Labute approximate surface area is 151 Å². The molecule has 0 aliphatic heterocycles. The third kappa shape index (κ3) is 5.10. The van der Waals surface area contributed by atoms with Crippen molar-refractivity contribution >= 4 is 23.5 Å². The number of methoxy groups -OCH3 is 1. The molecule has 0 saturated heterocycles. The molecule has 1 aromatic carbocycles. The lowest BCUT2D eigenvalue weighted by Gasteiger charge is -2.11. The Morgan fingerprint density at radius 2 is 1.92 bits per heavy atom. The maximum Gasteiger partial charge on any atom is 0.355 e. The van der Waals surface area contributed by atoms with Gasteiger partial charge in [0.25, 0.3) is 5.91 Å². The summed E-state index contributed by atoms with van der Waals surface area (Å²) in [5.74, 6) is -1.08. The second-order valence-corrected chi connectivity index (χ2v) is 5.61. The first-order valence-electron chi connectivity index (χ1n) is 7.90. The highest BCUT2D eigenvalue weighted by molar-refractivity contribution is 5.96. The average molecular weight is 359 g/mol. The van der Waals surface area contributed by atoms with Crippen molar-refractivity contribution in [3.63, 3.8) is 0 Å². The minimum absolute atomic E-state index is 0.252. The van der Waals surface area contributed by atoms with Gasteiger partial charge in [-0.25, -0.2) is 4.79 Å². The largest absolute Gasteiger partial charge is 0.495 e. The molecule has 0 aliphatic carbocycles. The Bertz CT molecular complexity index is 813. The number of aromatic nitrogens is 1. The summed E-state index contributed by atoms with van der Waals surface area (Å²) in [5, 5.41) is 5.06. The van der Waals surface area contributed by atoms with Crippen LogP contribution in [-0.4, -0.2) is 42.6 Å². The van der Waals surface area contributed by atoms with Crippen LogP contribution in [0.4, 0.5) is 5.69 Å². The average Bonchev–Trinajstić information content (AvgIpc) is 3.04. The number of aryl methyl sites for hydroxylation is 2. The van der Waals surface area contributed by atoms with Crippen LogP contribution in [0, 0.1) is 6.92 Å². The van der Waals surface area contributed by atoms with Gasteiger partial charge in [0.2, 0.25) is 5.91 Å². The zero-order chi connectivity index (χ0) is 19.1. The zero-order valence-corrected chi connectivity index (χ0v) is 14.9. The lowest BCUT2D eigenvalue weighted by Crippen LogP contribution is -2.35. The predicted octanol–water partition coefficient (Wildman–Crippen LogP) is 1.25. The van der Waals surface area contributed by atoms with Crippen LogP contribution in [-0.2, 0) is 21.4 Å².